The fraction of sp³-hybridized carbons (Fsp3) is 0.414. The lowest BCUT2D eigenvalue weighted by Crippen LogP contribution is -2.49. The van der Waals surface area contributed by atoms with E-state index >= 15 is 0 Å². The maximum atomic E-state index is 13.6. The van der Waals surface area contributed by atoms with Gasteiger partial charge in [0, 0.05) is 69.6 Å². The molecule has 1 saturated heterocycles. The Bertz CT molecular complexity index is 1260. The van der Waals surface area contributed by atoms with Gasteiger partial charge in [-0.05, 0) is 61.7 Å². The molecule has 0 bridgehead atoms. The van der Waals surface area contributed by atoms with Crippen LogP contribution in [0.25, 0.3) is 10.9 Å². The van der Waals surface area contributed by atoms with Crippen LogP contribution in [-0.2, 0) is 17.8 Å². The molecule has 0 saturated carbocycles. The lowest BCUT2D eigenvalue weighted by Gasteiger charge is -2.34. The van der Waals surface area contributed by atoms with Crippen molar-refractivity contribution in [2.45, 2.75) is 33.9 Å². The fourth-order valence-corrected chi connectivity index (χ4v) is 5.02. The topological polar surface area (TPSA) is 49.7 Å². The molecule has 1 fully saturated rings. The number of halogens is 1. The first-order chi connectivity index (χ1) is 17.3. The monoisotopic (exact) mass is 492 g/mol. The van der Waals surface area contributed by atoms with E-state index in [0.29, 0.717) is 38.3 Å². The smallest absolute Gasteiger partial charge is 0.254 e. The Labute approximate surface area is 213 Å². The Hall–Kier alpha value is -3.16. The van der Waals surface area contributed by atoms with Crippen molar-refractivity contribution >= 4 is 22.5 Å². The number of ether oxygens (including phenoxy) is 1. The van der Waals surface area contributed by atoms with Crippen LogP contribution in [-0.4, -0.2) is 66.7 Å². The summed E-state index contributed by atoms with van der Waals surface area (Å²) in [5, 5.41) is 4.63. The lowest BCUT2D eigenvalue weighted by atomic mass is 10.0. The number of aryl methyl sites for hydroxylation is 2. The number of amides is 1. The number of rotatable bonds is 9. The molecule has 2 heterocycles. The number of methoxy groups -OCH3 is 1. The lowest BCUT2D eigenvalue weighted by molar-refractivity contribution is 0.0594. The standard InChI is InChI=1S/C29H37FN4O2/c1-6-9-34-22(4)21(3)26-17-24(29(35)33-12-10-32(11-13-33)14-15-36-5)18-27(28(26)34)31-19-23-7-8-25(30)16-20(23)2/h6-8,16-18,31H,1,9-15,19H2,2-5H3. The average Bonchev–Trinajstić information content (AvgIpc) is 3.12. The minimum Gasteiger partial charge on any atom is -0.383 e. The summed E-state index contributed by atoms with van der Waals surface area (Å²) in [7, 11) is 1.71. The van der Waals surface area contributed by atoms with E-state index in [2.05, 4.69) is 35.2 Å². The maximum Gasteiger partial charge on any atom is 0.254 e. The second-order valence-corrected chi connectivity index (χ2v) is 9.58. The van der Waals surface area contributed by atoms with Crippen LogP contribution in [0, 0.1) is 26.6 Å². The van der Waals surface area contributed by atoms with Crippen LogP contribution in [0.3, 0.4) is 0 Å². The average molecular weight is 493 g/mol. The molecule has 36 heavy (non-hydrogen) atoms. The molecule has 1 aliphatic rings. The molecular formula is C29H37FN4O2. The summed E-state index contributed by atoms with van der Waals surface area (Å²) in [4.78, 5) is 17.9. The van der Waals surface area contributed by atoms with Gasteiger partial charge in [0.15, 0.2) is 0 Å². The van der Waals surface area contributed by atoms with Crippen LogP contribution in [0.2, 0.25) is 0 Å². The van der Waals surface area contributed by atoms with Gasteiger partial charge in [0.25, 0.3) is 5.91 Å². The summed E-state index contributed by atoms with van der Waals surface area (Å²) >= 11 is 0. The highest BCUT2D eigenvalue weighted by Gasteiger charge is 2.24. The molecule has 2 aromatic carbocycles. The first-order valence-corrected chi connectivity index (χ1v) is 12.6. The van der Waals surface area contributed by atoms with Crippen molar-refractivity contribution in [3.05, 3.63) is 76.8 Å². The predicted molar refractivity (Wildman–Crippen MR) is 144 cm³/mol. The van der Waals surface area contributed by atoms with Gasteiger partial charge in [0.05, 0.1) is 17.8 Å². The van der Waals surface area contributed by atoms with E-state index < -0.39 is 0 Å². The number of benzene rings is 2. The van der Waals surface area contributed by atoms with E-state index in [9.17, 15) is 9.18 Å². The number of anilines is 1. The maximum absolute atomic E-state index is 13.6. The number of aromatic nitrogens is 1. The largest absolute Gasteiger partial charge is 0.383 e. The van der Waals surface area contributed by atoms with Crippen molar-refractivity contribution in [1.82, 2.24) is 14.4 Å². The molecule has 6 nitrogen and oxygen atoms in total. The van der Waals surface area contributed by atoms with Gasteiger partial charge >= 0.3 is 0 Å². The summed E-state index contributed by atoms with van der Waals surface area (Å²) in [5.74, 6) is -0.183. The van der Waals surface area contributed by atoms with Gasteiger partial charge in [-0.25, -0.2) is 4.39 Å². The molecule has 1 amide bonds. The molecule has 0 atom stereocenters. The van der Waals surface area contributed by atoms with Crippen LogP contribution >= 0.6 is 0 Å². The van der Waals surface area contributed by atoms with Gasteiger partial charge in [-0.2, -0.15) is 0 Å². The van der Waals surface area contributed by atoms with Crippen molar-refractivity contribution in [3.8, 4) is 0 Å². The van der Waals surface area contributed by atoms with Crippen molar-refractivity contribution in [1.29, 1.82) is 0 Å². The molecule has 1 N–H and O–H groups in total. The zero-order chi connectivity index (χ0) is 25.8. The van der Waals surface area contributed by atoms with E-state index in [1.54, 1.807) is 13.2 Å². The van der Waals surface area contributed by atoms with Crippen molar-refractivity contribution in [3.63, 3.8) is 0 Å². The quantitative estimate of drug-likeness (QED) is 0.432. The minimum atomic E-state index is -0.236. The summed E-state index contributed by atoms with van der Waals surface area (Å²) in [6.45, 7) is 16.0. The minimum absolute atomic E-state index is 0.0535. The molecule has 192 valence electrons. The third kappa shape index (κ3) is 5.32. The molecule has 1 aliphatic heterocycles. The number of carbonyl (C=O) groups excluding carboxylic acids is 1. The molecule has 4 rings (SSSR count). The Morgan fingerprint density at radius 3 is 2.56 bits per heavy atom. The number of fused-ring (bicyclic) bond motifs is 1. The number of piperazine rings is 1. The molecule has 0 unspecified atom stereocenters. The highest BCUT2D eigenvalue weighted by molar-refractivity contribution is 6.04. The second-order valence-electron chi connectivity index (χ2n) is 9.58. The van der Waals surface area contributed by atoms with Gasteiger partial charge in [0.1, 0.15) is 5.82 Å². The van der Waals surface area contributed by atoms with E-state index in [0.717, 1.165) is 58.6 Å². The number of carbonyl (C=O) groups is 1. The zero-order valence-corrected chi connectivity index (χ0v) is 21.9. The van der Waals surface area contributed by atoms with Crippen molar-refractivity contribution in [2.75, 3.05) is 51.8 Å². The Morgan fingerprint density at radius 2 is 1.89 bits per heavy atom. The second kappa shape index (κ2) is 11.3. The first-order valence-electron chi connectivity index (χ1n) is 12.6. The van der Waals surface area contributed by atoms with Crippen molar-refractivity contribution < 1.29 is 13.9 Å². The molecule has 1 aromatic heterocycles. The van der Waals surface area contributed by atoms with E-state index in [1.165, 1.54) is 6.07 Å². The molecule has 0 spiro atoms. The highest BCUT2D eigenvalue weighted by Crippen LogP contribution is 2.34. The number of hydrogen-bond donors (Lipinski definition) is 1. The molecule has 7 heteroatoms. The van der Waals surface area contributed by atoms with Gasteiger partial charge < -0.3 is 19.5 Å². The number of allylic oxidation sites excluding steroid dienone is 1. The van der Waals surface area contributed by atoms with Crippen LogP contribution in [0.4, 0.5) is 10.1 Å². The van der Waals surface area contributed by atoms with Gasteiger partial charge in [-0.3, -0.25) is 9.69 Å². The van der Waals surface area contributed by atoms with Crippen LogP contribution in [0.5, 0.6) is 0 Å². The van der Waals surface area contributed by atoms with E-state index in [1.807, 2.05) is 36.1 Å². The molecule has 3 aromatic rings. The van der Waals surface area contributed by atoms with Crippen molar-refractivity contribution in [2.24, 2.45) is 0 Å². The van der Waals surface area contributed by atoms with Gasteiger partial charge in [0.2, 0.25) is 0 Å². The predicted octanol–water partition coefficient (Wildman–Crippen LogP) is 4.91. The third-order valence-corrected chi connectivity index (χ3v) is 7.34. The van der Waals surface area contributed by atoms with Gasteiger partial charge in [-0.15, -0.1) is 6.58 Å². The molecular weight excluding hydrogens is 455 g/mol. The van der Waals surface area contributed by atoms with Gasteiger partial charge in [-0.1, -0.05) is 12.1 Å². The van der Waals surface area contributed by atoms with Crippen LogP contribution in [0.15, 0.2) is 43.0 Å². The van der Waals surface area contributed by atoms with E-state index in [-0.39, 0.29) is 11.7 Å². The Balaban J connectivity index is 1.67. The van der Waals surface area contributed by atoms with Crippen LogP contribution in [0.1, 0.15) is 32.7 Å². The number of nitrogens with one attached hydrogen (secondary N) is 1. The Kier molecular flexibility index (Phi) is 8.11. The first kappa shape index (κ1) is 25.9. The SMILES string of the molecule is C=CCn1c(C)c(C)c2cc(C(=O)N3CCN(CCOC)CC3)cc(NCc3ccc(F)cc3C)c21. The normalized spacial score (nSPS) is 14.4. The fourth-order valence-electron chi connectivity index (χ4n) is 5.02. The highest BCUT2D eigenvalue weighted by atomic mass is 19.1. The third-order valence-electron chi connectivity index (χ3n) is 7.34. The number of nitrogens with zero attached hydrogens (tertiary/aromatic N) is 3. The Morgan fingerprint density at radius 1 is 1.14 bits per heavy atom. The summed E-state index contributed by atoms with van der Waals surface area (Å²) in [5.41, 5.74) is 6.87. The van der Waals surface area contributed by atoms with E-state index in [4.69, 9.17) is 4.74 Å². The van der Waals surface area contributed by atoms with Crippen LogP contribution < -0.4 is 5.32 Å². The number of hydrogen-bond acceptors (Lipinski definition) is 4. The molecule has 0 radical (unpaired) electrons. The summed E-state index contributed by atoms with van der Waals surface area (Å²) < 4.78 is 21.1. The molecule has 0 aliphatic carbocycles. The summed E-state index contributed by atoms with van der Waals surface area (Å²) in [6.07, 6.45) is 1.89. The zero-order valence-electron chi connectivity index (χ0n) is 21.9. The summed E-state index contributed by atoms with van der Waals surface area (Å²) in [6, 6.07) is 8.85.